The number of rotatable bonds is 3. The Balaban J connectivity index is 1.92. The van der Waals surface area contributed by atoms with Crippen LogP contribution in [-0.4, -0.2) is 71.0 Å². The third-order valence-electron chi connectivity index (χ3n) is 4.48. The number of aliphatic hydroxyl groups excluding tert-OH is 1. The summed E-state index contributed by atoms with van der Waals surface area (Å²) in [7, 11) is 0. The number of hydrogen-bond acceptors (Lipinski definition) is 4. The van der Waals surface area contributed by atoms with Crippen molar-refractivity contribution in [3.05, 3.63) is 0 Å². The van der Waals surface area contributed by atoms with E-state index in [9.17, 15) is 19.5 Å². The number of carbonyl (C=O) groups excluding carboxylic acids is 3. The molecule has 7 nitrogen and oxygen atoms in total. The number of amides is 3. The van der Waals surface area contributed by atoms with E-state index < -0.39 is 12.0 Å². The van der Waals surface area contributed by atoms with Gasteiger partial charge in [-0.25, -0.2) is 0 Å². The summed E-state index contributed by atoms with van der Waals surface area (Å²) in [4.78, 5) is 38.7. The molecular weight excluding hydrogens is 274 g/mol. The molecule has 0 bridgehead atoms. The quantitative estimate of drug-likeness (QED) is 0.641. The second kappa shape index (κ2) is 6.01. The van der Waals surface area contributed by atoms with E-state index in [1.807, 2.05) is 0 Å². The third kappa shape index (κ3) is 3.02. The van der Waals surface area contributed by atoms with E-state index in [0.717, 1.165) is 0 Å². The fraction of sp³-hybridized carbons (Fsp3) is 0.786. The summed E-state index contributed by atoms with van der Waals surface area (Å²) < 4.78 is 0. The Morgan fingerprint density at radius 2 is 1.71 bits per heavy atom. The second-order valence-electron chi connectivity index (χ2n) is 5.92. The Kier molecular flexibility index (Phi) is 4.51. The van der Waals surface area contributed by atoms with E-state index in [2.05, 4.69) is 5.32 Å². The number of nitrogens with one attached hydrogen (secondary N) is 1. The van der Waals surface area contributed by atoms with Crippen LogP contribution in [0.15, 0.2) is 0 Å². The average molecular weight is 297 g/mol. The molecule has 0 saturated carbocycles. The molecule has 0 aromatic rings. The van der Waals surface area contributed by atoms with Gasteiger partial charge in [0.2, 0.25) is 17.7 Å². The summed E-state index contributed by atoms with van der Waals surface area (Å²) >= 11 is 0. The van der Waals surface area contributed by atoms with Gasteiger partial charge in [0.25, 0.3) is 0 Å². The van der Waals surface area contributed by atoms with Crippen molar-refractivity contribution in [1.82, 2.24) is 15.1 Å². The number of β-lactam (4-membered cyclic amide) rings is 1. The summed E-state index contributed by atoms with van der Waals surface area (Å²) in [6.45, 7) is 7.00. The molecule has 2 fully saturated rings. The Labute approximate surface area is 124 Å². The SMILES string of the molecule is CC(=O)N1CCN(C(=O)[C@H](C)[C@H]2NC(=O)[C@@H]2[C@@H](C)O)CC1. The molecule has 21 heavy (non-hydrogen) atoms. The Morgan fingerprint density at radius 1 is 1.19 bits per heavy atom. The number of nitrogens with zero attached hydrogens (tertiary/aromatic N) is 2. The van der Waals surface area contributed by atoms with Crippen LogP contribution < -0.4 is 5.32 Å². The molecule has 118 valence electrons. The summed E-state index contributed by atoms with van der Waals surface area (Å²) in [5.41, 5.74) is 0. The summed E-state index contributed by atoms with van der Waals surface area (Å²) in [6.07, 6.45) is -0.756. The van der Waals surface area contributed by atoms with Gasteiger partial charge in [-0.3, -0.25) is 14.4 Å². The van der Waals surface area contributed by atoms with Crippen LogP contribution in [0.3, 0.4) is 0 Å². The molecule has 2 N–H and O–H groups in total. The van der Waals surface area contributed by atoms with Crippen molar-refractivity contribution < 1.29 is 19.5 Å². The molecule has 4 atom stereocenters. The Bertz CT molecular complexity index is 444. The lowest BCUT2D eigenvalue weighted by Crippen LogP contribution is -2.66. The molecule has 0 aliphatic carbocycles. The van der Waals surface area contributed by atoms with Crippen LogP contribution in [0.25, 0.3) is 0 Å². The van der Waals surface area contributed by atoms with Crippen LogP contribution in [0, 0.1) is 11.8 Å². The molecule has 3 amide bonds. The van der Waals surface area contributed by atoms with Crippen LogP contribution >= 0.6 is 0 Å². The van der Waals surface area contributed by atoms with Crippen LogP contribution in [-0.2, 0) is 14.4 Å². The Hall–Kier alpha value is -1.63. The lowest BCUT2D eigenvalue weighted by Gasteiger charge is -2.43. The molecule has 2 saturated heterocycles. The van der Waals surface area contributed by atoms with Crippen molar-refractivity contribution in [2.45, 2.75) is 32.9 Å². The number of piperazine rings is 1. The minimum atomic E-state index is -0.756. The molecule has 2 rings (SSSR count). The van der Waals surface area contributed by atoms with Gasteiger partial charge in [-0.05, 0) is 6.92 Å². The average Bonchev–Trinajstić information content (AvgIpc) is 2.42. The lowest BCUT2D eigenvalue weighted by molar-refractivity contribution is -0.150. The van der Waals surface area contributed by atoms with E-state index in [0.29, 0.717) is 26.2 Å². The predicted molar refractivity (Wildman–Crippen MR) is 75.1 cm³/mol. The van der Waals surface area contributed by atoms with Gasteiger partial charge in [0.05, 0.1) is 24.0 Å². The number of hydrogen-bond donors (Lipinski definition) is 2. The van der Waals surface area contributed by atoms with Gasteiger partial charge in [0, 0.05) is 33.1 Å². The van der Waals surface area contributed by atoms with Gasteiger partial charge in [0.15, 0.2) is 0 Å². The molecule has 0 aromatic carbocycles. The first-order valence-electron chi connectivity index (χ1n) is 7.35. The predicted octanol–water partition coefficient (Wildman–Crippen LogP) is -1.19. The smallest absolute Gasteiger partial charge is 0.228 e. The first kappa shape index (κ1) is 15.8. The van der Waals surface area contributed by atoms with Crippen molar-refractivity contribution in [3.63, 3.8) is 0 Å². The van der Waals surface area contributed by atoms with Crippen LogP contribution in [0.4, 0.5) is 0 Å². The number of carbonyl (C=O) groups is 3. The fourth-order valence-electron chi connectivity index (χ4n) is 3.06. The lowest BCUT2D eigenvalue weighted by atomic mass is 9.78. The summed E-state index contributed by atoms with van der Waals surface area (Å²) in [5.74, 6) is -1.09. The van der Waals surface area contributed by atoms with Crippen molar-refractivity contribution >= 4 is 17.7 Å². The van der Waals surface area contributed by atoms with Gasteiger partial charge in [-0.15, -0.1) is 0 Å². The van der Waals surface area contributed by atoms with Crippen molar-refractivity contribution in [3.8, 4) is 0 Å². The largest absolute Gasteiger partial charge is 0.393 e. The minimum absolute atomic E-state index is 0.0237. The highest BCUT2D eigenvalue weighted by atomic mass is 16.3. The van der Waals surface area contributed by atoms with Crippen LogP contribution in [0.2, 0.25) is 0 Å². The maximum Gasteiger partial charge on any atom is 0.228 e. The van der Waals surface area contributed by atoms with Gasteiger partial charge in [-0.2, -0.15) is 0 Å². The second-order valence-corrected chi connectivity index (χ2v) is 5.92. The topological polar surface area (TPSA) is 90.0 Å². The molecule has 0 aromatic heterocycles. The van der Waals surface area contributed by atoms with Crippen molar-refractivity contribution in [2.75, 3.05) is 26.2 Å². The monoisotopic (exact) mass is 297 g/mol. The molecular formula is C14H23N3O4. The zero-order valence-corrected chi connectivity index (χ0v) is 12.7. The minimum Gasteiger partial charge on any atom is -0.393 e. The maximum absolute atomic E-state index is 12.5. The summed E-state index contributed by atoms with van der Waals surface area (Å²) in [5, 5.41) is 12.3. The first-order valence-corrected chi connectivity index (χ1v) is 7.35. The molecule has 7 heteroatoms. The Morgan fingerprint density at radius 3 is 2.14 bits per heavy atom. The van der Waals surface area contributed by atoms with Gasteiger partial charge in [-0.1, -0.05) is 6.92 Å². The molecule has 0 spiro atoms. The first-order chi connectivity index (χ1) is 9.82. The molecule has 2 heterocycles. The zero-order chi connectivity index (χ0) is 15.7. The standard InChI is InChI=1S/C14H23N3O4/c1-8(12-11(9(2)18)13(20)15-12)14(21)17-6-4-16(5-7-17)10(3)19/h8-9,11-12,18H,4-7H2,1-3H3,(H,15,20)/t8-,9-,11-,12-/m1/s1. The van der Waals surface area contributed by atoms with Gasteiger partial charge in [0.1, 0.15) is 0 Å². The zero-order valence-electron chi connectivity index (χ0n) is 12.7. The number of aliphatic hydroxyl groups is 1. The normalized spacial score (nSPS) is 28.5. The highest BCUT2D eigenvalue weighted by Gasteiger charge is 2.47. The molecule has 2 aliphatic heterocycles. The van der Waals surface area contributed by atoms with E-state index in [4.69, 9.17) is 0 Å². The van der Waals surface area contributed by atoms with Crippen molar-refractivity contribution in [2.24, 2.45) is 11.8 Å². The molecule has 0 radical (unpaired) electrons. The van der Waals surface area contributed by atoms with Gasteiger partial charge < -0.3 is 20.2 Å². The third-order valence-corrected chi connectivity index (χ3v) is 4.48. The van der Waals surface area contributed by atoms with E-state index in [-0.39, 0.29) is 29.7 Å². The molecule has 2 aliphatic rings. The highest BCUT2D eigenvalue weighted by molar-refractivity contribution is 5.90. The fourth-order valence-corrected chi connectivity index (χ4v) is 3.06. The van der Waals surface area contributed by atoms with Crippen molar-refractivity contribution in [1.29, 1.82) is 0 Å². The van der Waals surface area contributed by atoms with E-state index in [1.165, 1.54) is 6.92 Å². The molecule has 0 unspecified atom stereocenters. The van der Waals surface area contributed by atoms with E-state index >= 15 is 0 Å². The van der Waals surface area contributed by atoms with Crippen LogP contribution in [0.1, 0.15) is 20.8 Å². The highest BCUT2D eigenvalue weighted by Crippen LogP contribution is 2.27. The maximum atomic E-state index is 12.5. The van der Waals surface area contributed by atoms with E-state index in [1.54, 1.807) is 23.6 Å². The van der Waals surface area contributed by atoms with Crippen LogP contribution in [0.5, 0.6) is 0 Å². The van der Waals surface area contributed by atoms with Gasteiger partial charge >= 0.3 is 0 Å². The summed E-state index contributed by atoms with van der Waals surface area (Å²) in [6, 6.07) is -0.309.